The van der Waals surface area contributed by atoms with Gasteiger partial charge in [0.05, 0.1) is 23.1 Å². The third-order valence-corrected chi connectivity index (χ3v) is 8.57. The van der Waals surface area contributed by atoms with Crippen LogP contribution in [0.25, 0.3) is 0 Å². The Balaban J connectivity index is 1.78. The topological polar surface area (TPSA) is 74.7 Å². The predicted octanol–water partition coefficient (Wildman–Crippen LogP) is 2.67. The van der Waals surface area contributed by atoms with Crippen molar-refractivity contribution in [3.05, 3.63) is 29.8 Å². The van der Waals surface area contributed by atoms with E-state index in [9.17, 15) is 19.5 Å². The first kappa shape index (κ1) is 15.3. The van der Waals surface area contributed by atoms with Crippen LogP contribution in [0.5, 0.6) is 0 Å². The third kappa shape index (κ3) is 1.92. The number of carbonyl (C=O) groups excluding carboxylic acids is 2. The second-order valence-electron chi connectivity index (χ2n) is 6.34. The van der Waals surface area contributed by atoms with E-state index in [-0.39, 0.29) is 56.4 Å². The Labute approximate surface area is 149 Å². The minimum Gasteiger partial charge on any atom is -0.478 e. The number of hydrogen-bond donors (Lipinski definition) is 1. The average Bonchev–Trinajstić information content (AvgIpc) is 3.12. The summed E-state index contributed by atoms with van der Waals surface area (Å²) in [6.07, 6.45) is 0.854. The number of amides is 2. The van der Waals surface area contributed by atoms with Gasteiger partial charge in [-0.25, -0.2) is 9.69 Å². The second kappa shape index (κ2) is 5.14. The standard InChI is InChI=1S/C16H13Br2NO4/c17-12-7-5-8(13(12)18)11-10(7)14(20)19(15(11)21)9-4-2-1-3-6(9)16(22)23/h1-4,7-8,10-13H,5H2,(H,22,23)/t7-,8-,10-,11-,12-,13+/m0/s1. The molecule has 1 aliphatic heterocycles. The largest absolute Gasteiger partial charge is 0.478 e. The van der Waals surface area contributed by atoms with Gasteiger partial charge in [0.15, 0.2) is 0 Å². The van der Waals surface area contributed by atoms with Gasteiger partial charge in [0.2, 0.25) is 11.8 Å². The Morgan fingerprint density at radius 3 is 2.09 bits per heavy atom. The van der Waals surface area contributed by atoms with Crippen LogP contribution in [0.3, 0.4) is 0 Å². The van der Waals surface area contributed by atoms with E-state index in [0.29, 0.717) is 0 Å². The quantitative estimate of drug-likeness (QED) is 0.564. The summed E-state index contributed by atoms with van der Waals surface area (Å²) in [5.41, 5.74) is 0.161. The van der Waals surface area contributed by atoms with Crippen molar-refractivity contribution in [2.75, 3.05) is 4.90 Å². The zero-order valence-electron chi connectivity index (χ0n) is 11.9. The third-order valence-electron chi connectivity index (χ3n) is 5.36. The molecule has 1 heterocycles. The summed E-state index contributed by atoms with van der Waals surface area (Å²) in [4.78, 5) is 38.6. The van der Waals surface area contributed by atoms with Crippen molar-refractivity contribution in [1.82, 2.24) is 0 Å². The molecular weight excluding hydrogens is 430 g/mol. The average molecular weight is 443 g/mol. The van der Waals surface area contributed by atoms with E-state index < -0.39 is 5.97 Å². The number of rotatable bonds is 2. The highest BCUT2D eigenvalue weighted by Gasteiger charge is 2.66. The minimum atomic E-state index is -1.14. The summed E-state index contributed by atoms with van der Waals surface area (Å²) in [6.45, 7) is 0. The number of para-hydroxylation sites is 1. The molecule has 0 spiro atoms. The SMILES string of the molecule is O=C(O)c1ccccc1N1C(=O)[C@H]2[C@@H]3C[C@H]([C@@H](Br)[C@H]3Br)[C@@H]2C1=O. The monoisotopic (exact) mass is 441 g/mol. The maximum Gasteiger partial charge on any atom is 0.337 e. The van der Waals surface area contributed by atoms with Crippen LogP contribution in [0.15, 0.2) is 24.3 Å². The number of anilines is 1. The molecule has 4 rings (SSSR count). The Hall–Kier alpha value is -1.21. The van der Waals surface area contributed by atoms with E-state index in [0.717, 1.165) is 11.3 Å². The molecule has 2 bridgehead atoms. The summed E-state index contributed by atoms with van der Waals surface area (Å²) in [5, 5.41) is 9.34. The molecule has 3 aliphatic rings. The van der Waals surface area contributed by atoms with Crippen LogP contribution >= 0.6 is 31.9 Å². The molecule has 2 saturated carbocycles. The predicted molar refractivity (Wildman–Crippen MR) is 89.9 cm³/mol. The summed E-state index contributed by atoms with van der Waals surface area (Å²) >= 11 is 7.27. The van der Waals surface area contributed by atoms with Crippen molar-refractivity contribution in [3.8, 4) is 0 Å². The number of carboxylic acid groups (broad SMARTS) is 1. The number of carboxylic acids is 1. The molecule has 2 amide bonds. The first-order valence-electron chi connectivity index (χ1n) is 7.41. The number of fused-ring (bicyclic) bond motifs is 5. The number of carbonyl (C=O) groups is 3. The molecule has 7 heteroatoms. The lowest BCUT2D eigenvalue weighted by Gasteiger charge is -2.28. The lowest BCUT2D eigenvalue weighted by molar-refractivity contribution is -0.123. The van der Waals surface area contributed by atoms with Crippen LogP contribution in [-0.4, -0.2) is 32.5 Å². The number of imide groups is 1. The molecular formula is C16H13Br2NO4. The first-order valence-corrected chi connectivity index (χ1v) is 9.25. The van der Waals surface area contributed by atoms with Crippen LogP contribution in [0.1, 0.15) is 16.8 Å². The Morgan fingerprint density at radius 2 is 1.57 bits per heavy atom. The van der Waals surface area contributed by atoms with Crippen LogP contribution < -0.4 is 4.90 Å². The molecule has 120 valence electrons. The number of halogens is 2. The van der Waals surface area contributed by atoms with Gasteiger partial charge in [-0.1, -0.05) is 44.0 Å². The van der Waals surface area contributed by atoms with Crippen molar-refractivity contribution in [2.24, 2.45) is 23.7 Å². The molecule has 0 unspecified atom stereocenters. The summed E-state index contributed by atoms with van der Waals surface area (Å²) in [5.74, 6) is -2.10. The highest BCUT2D eigenvalue weighted by molar-refractivity contribution is 9.12. The maximum absolute atomic E-state index is 12.9. The minimum absolute atomic E-state index is 0.0210. The smallest absolute Gasteiger partial charge is 0.337 e. The van der Waals surface area contributed by atoms with E-state index in [1.54, 1.807) is 12.1 Å². The van der Waals surface area contributed by atoms with Gasteiger partial charge >= 0.3 is 5.97 Å². The molecule has 1 aromatic rings. The molecule has 0 radical (unpaired) electrons. The van der Waals surface area contributed by atoms with E-state index in [1.807, 2.05) is 0 Å². The summed E-state index contributed by atoms with van der Waals surface area (Å²) in [7, 11) is 0. The maximum atomic E-state index is 12.9. The fourth-order valence-corrected chi connectivity index (χ4v) is 6.31. The lowest BCUT2D eigenvalue weighted by atomic mass is 9.81. The molecule has 1 N–H and O–H groups in total. The van der Waals surface area contributed by atoms with Gasteiger partial charge < -0.3 is 5.11 Å². The fourth-order valence-electron chi connectivity index (χ4n) is 4.44. The molecule has 1 aromatic carbocycles. The molecule has 0 aromatic heterocycles. The van der Waals surface area contributed by atoms with Gasteiger partial charge in [0.25, 0.3) is 0 Å². The number of nitrogens with zero attached hydrogens (tertiary/aromatic N) is 1. The van der Waals surface area contributed by atoms with Gasteiger partial charge in [-0.3, -0.25) is 9.59 Å². The summed E-state index contributed by atoms with van der Waals surface area (Å²) < 4.78 is 0. The van der Waals surface area contributed by atoms with E-state index in [2.05, 4.69) is 31.9 Å². The molecule has 23 heavy (non-hydrogen) atoms. The van der Waals surface area contributed by atoms with Gasteiger partial charge in [-0.2, -0.15) is 0 Å². The molecule has 2 aliphatic carbocycles. The van der Waals surface area contributed by atoms with Crippen LogP contribution in [-0.2, 0) is 9.59 Å². The van der Waals surface area contributed by atoms with Gasteiger partial charge in [-0.05, 0) is 30.4 Å². The Morgan fingerprint density at radius 1 is 1.04 bits per heavy atom. The second-order valence-corrected chi connectivity index (χ2v) is 8.45. The highest BCUT2D eigenvalue weighted by Crippen LogP contribution is 2.60. The van der Waals surface area contributed by atoms with Crippen molar-refractivity contribution >= 4 is 55.3 Å². The summed E-state index contributed by atoms with van der Waals surface area (Å²) in [6, 6.07) is 6.18. The number of alkyl halides is 2. The van der Waals surface area contributed by atoms with E-state index in [1.165, 1.54) is 12.1 Å². The number of hydrogen-bond acceptors (Lipinski definition) is 3. The van der Waals surface area contributed by atoms with Crippen LogP contribution in [0.4, 0.5) is 5.69 Å². The normalized spacial score (nSPS) is 38.3. The van der Waals surface area contributed by atoms with Crippen molar-refractivity contribution in [3.63, 3.8) is 0 Å². The van der Waals surface area contributed by atoms with Crippen molar-refractivity contribution < 1.29 is 19.5 Å². The van der Waals surface area contributed by atoms with Gasteiger partial charge in [-0.15, -0.1) is 0 Å². The van der Waals surface area contributed by atoms with Gasteiger partial charge in [0, 0.05) is 9.65 Å². The van der Waals surface area contributed by atoms with E-state index in [4.69, 9.17) is 0 Å². The molecule has 1 saturated heterocycles. The highest BCUT2D eigenvalue weighted by atomic mass is 79.9. The molecule has 6 atom stereocenters. The number of aromatic carboxylic acids is 1. The first-order chi connectivity index (χ1) is 10.9. The number of benzene rings is 1. The molecule has 5 nitrogen and oxygen atoms in total. The Bertz CT molecular complexity index is 705. The van der Waals surface area contributed by atoms with Crippen molar-refractivity contribution in [1.29, 1.82) is 0 Å². The van der Waals surface area contributed by atoms with Crippen LogP contribution in [0.2, 0.25) is 0 Å². The van der Waals surface area contributed by atoms with Crippen LogP contribution in [0, 0.1) is 23.7 Å². The lowest BCUT2D eigenvalue weighted by Crippen LogP contribution is -2.37. The van der Waals surface area contributed by atoms with Gasteiger partial charge in [0.1, 0.15) is 0 Å². The van der Waals surface area contributed by atoms with Crippen molar-refractivity contribution in [2.45, 2.75) is 16.1 Å². The fraction of sp³-hybridized carbons (Fsp3) is 0.438. The molecule has 3 fully saturated rings. The Kier molecular flexibility index (Phi) is 3.43. The van der Waals surface area contributed by atoms with E-state index >= 15 is 0 Å². The zero-order chi connectivity index (χ0) is 16.5. The zero-order valence-corrected chi connectivity index (χ0v) is 15.0.